The maximum absolute atomic E-state index is 13.0. The van der Waals surface area contributed by atoms with Crippen LogP contribution in [0.15, 0.2) is 72.8 Å². The number of amides is 2. The molecule has 1 N–H and O–H groups in total. The van der Waals surface area contributed by atoms with Gasteiger partial charge >= 0.3 is 5.97 Å². The second-order valence-corrected chi connectivity index (χ2v) is 7.29. The number of ether oxygens (including phenoxy) is 1. The van der Waals surface area contributed by atoms with Gasteiger partial charge in [-0.1, -0.05) is 24.3 Å². The van der Waals surface area contributed by atoms with Gasteiger partial charge in [-0.15, -0.1) is 0 Å². The van der Waals surface area contributed by atoms with Crippen molar-refractivity contribution < 1.29 is 19.1 Å². The van der Waals surface area contributed by atoms with Gasteiger partial charge in [-0.3, -0.25) is 9.59 Å². The number of hydrogen-bond acceptors (Lipinski definition) is 4. The van der Waals surface area contributed by atoms with E-state index in [4.69, 9.17) is 0 Å². The van der Waals surface area contributed by atoms with Crippen LogP contribution >= 0.6 is 0 Å². The summed E-state index contributed by atoms with van der Waals surface area (Å²) in [7, 11) is 1.31. The minimum Gasteiger partial charge on any atom is -0.465 e. The lowest BCUT2D eigenvalue weighted by Crippen LogP contribution is -2.35. The van der Waals surface area contributed by atoms with Gasteiger partial charge in [0.15, 0.2) is 0 Å². The van der Waals surface area contributed by atoms with Crippen LogP contribution in [0.1, 0.15) is 43.1 Å². The van der Waals surface area contributed by atoms with Gasteiger partial charge in [0.25, 0.3) is 11.8 Å². The zero-order valence-corrected chi connectivity index (χ0v) is 17.1. The van der Waals surface area contributed by atoms with Gasteiger partial charge < -0.3 is 15.0 Å². The number of fused-ring (bicyclic) bond motifs is 1. The molecule has 1 aliphatic heterocycles. The van der Waals surface area contributed by atoms with Gasteiger partial charge in [-0.05, 0) is 66.9 Å². The normalized spacial score (nSPS) is 12.6. The Hall–Kier alpha value is -3.93. The zero-order valence-electron chi connectivity index (χ0n) is 17.1. The molecule has 4 rings (SSSR count). The Morgan fingerprint density at radius 3 is 2.29 bits per heavy atom. The third-order valence-corrected chi connectivity index (χ3v) is 5.30. The van der Waals surface area contributed by atoms with Gasteiger partial charge in [0.1, 0.15) is 0 Å². The van der Waals surface area contributed by atoms with Crippen LogP contribution in [0.5, 0.6) is 0 Å². The quantitative estimate of drug-likeness (QED) is 0.645. The number of methoxy groups -OCH3 is 1. The van der Waals surface area contributed by atoms with Crippen LogP contribution in [-0.4, -0.2) is 31.4 Å². The Kier molecular flexibility index (Phi) is 5.80. The summed E-state index contributed by atoms with van der Waals surface area (Å²) in [6, 6.07) is 21.1. The Morgan fingerprint density at radius 1 is 0.871 bits per heavy atom. The lowest BCUT2D eigenvalue weighted by molar-refractivity contribution is 0.0600. The Balaban J connectivity index is 1.55. The molecular formula is C25H22N2O4. The van der Waals surface area contributed by atoms with Crippen LogP contribution in [0.3, 0.4) is 0 Å². The number of carbonyl (C=O) groups is 3. The van der Waals surface area contributed by atoms with E-state index < -0.39 is 5.97 Å². The van der Waals surface area contributed by atoms with Crippen molar-refractivity contribution in [2.24, 2.45) is 0 Å². The molecule has 0 saturated heterocycles. The molecule has 6 heteroatoms. The second-order valence-electron chi connectivity index (χ2n) is 7.29. The van der Waals surface area contributed by atoms with E-state index in [0.717, 1.165) is 24.1 Å². The highest BCUT2D eigenvalue weighted by Gasteiger charge is 2.24. The van der Waals surface area contributed by atoms with Crippen molar-refractivity contribution in [1.29, 1.82) is 0 Å². The zero-order chi connectivity index (χ0) is 21.8. The maximum atomic E-state index is 13.0. The van der Waals surface area contributed by atoms with Gasteiger partial charge in [-0.2, -0.15) is 0 Å². The molecule has 6 nitrogen and oxygen atoms in total. The van der Waals surface area contributed by atoms with Gasteiger partial charge in [0, 0.05) is 29.0 Å². The fourth-order valence-corrected chi connectivity index (χ4v) is 3.68. The molecule has 2 amide bonds. The van der Waals surface area contributed by atoms with Crippen LogP contribution in [0.2, 0.25) is 0 Å². The fourth-order valence-electron chi connectivity index (χ4n) is 3.68. The lowest BCUT2D eigenvalue weighted by Gasteiger charge is -2.30. The summed E-state index contributed by atoms with van der Waals surface area (Å²) >= 11 is 0. The molecule has 31 heavy (non-hydrogen) atoms. The number of nitrogens with zero attached hydrogens (tertiary/aromatic N) is 1. The largest absolute Gasteiger partial charge is 0.465 e. The monoisotopic (exact) mass is 414 g/mol. The smallest absolute Gasteiger partial charge is 0.337 e. The summed E-state index contributed by atoms with van der Waals surface area (Å²) in [5.41, 5.74) is 3.93. The number of hydrogen-bond donors (Lipinski definition) is 1. The highest BCUT2D eigenvalue weighted by Crippen LogP contribution is 2.31. The molecule has 0 aromatic heterocycles. The predicted molar refractivity (Wildman–Crippen MR) is 119 cm³/mol. The first kappa shape index (κ1) is 20.3. The van der Waals surface area contributed by atoms with Crippen molar-refractivity contribution in [3.63, 3.8) is 0 Å². The fraction of sp³-hybridized carbons (Fsp3) is 0.160. The predicted octanol–water partition coefficient (Wildman–Crippen LogP) is 4.32. The number of aryl methyl sites for hydroxylation is 1. The molecule has 156 valence electrons. The van der Waals surface area contributed by atoms with Crippen molar-refractivity contribution >= 4 is 29.2 Å². The van der Waals surface area contributed by atoms with Crippen molar-refractivity contribution in [1.82, 2.24) is 0 Å². The standard InChI is InChI=1S/C25H22N2O4/c1-31-25(30)20-11-9-18(10-12-20)23(28)26-21-14-13-17-8-5-15-27(22(17)16-21)24(29)19-6-3-2-4-7-19/h2-4,6-7,9-14,16H,5,8,15H2,1H3,(H,26,28). The number of anilines is 2. The Labute approximate surface area is 180 Å². The van der Waals surface area contributed by atoms with Crippen molar-refractivity contribution in [2.45, 2.75) is 12.8 Å². The van der Waals surface area contributed by atoms with E-state index in [-0.39, 0.29) is 11.8 Å². The first-order chi connectivity index (χ1) is 15.1. The van der Waals surface area contributed by atoms with Crippen molar-refractivity contribution in [3.8, 4) is 0 Å². The molecule has 1 aliphatic rings. The summed E-state index contributed by atoms with van der Waals surface area (Å²) < 4.78 is 4.67. The van der Waals surface area contributed by atoms with E-state index in [1.165, 1.54) is 7.11 Å². The number of benzene rings is 3. The third-order valence-electron chi connectivity index (χ3n) is 5.30. The SMILES string of the molecule is COC(=O)c1ccc(C(=O)Nc2ccc3c(c2)N(C(=O)c2ccccc2)CCC3)cc1. The van der Waals surface area contributed by atoms with E-state index in [1.54, 1.807) is 41.3 Å². The summed E-state index contributed by atoms with van der Waals surface area (Å²) in [5.74, 6) is -0.804. The van der Waals surface area contributed by atoms with Crippen LogP contribution in [0.4, 0.5) is 11.4 Å². The number of rotatable bonds is 4. The summed E-state index contributed by atoms with van der Waals surface area (Å²) in [6.07, 6.45) is 1.78. The van der Waals surface area contributed by atoms with Crippen molar-refractivity contribution in [3.05, 3.63) is 95.1 Å². The van der Waals surface area contributed by atoms with E-state index in [9.17, 15) is 14.4 Å². The molecule has 0 bridgehead atoms. The Bertz CT molecular complexity index is 1120. The van der Waals surface area contributed by atoms with Gasteiger partial charge in [0.05, 0.1) is 12.7 Å². The maximum Gasteiger partial charge on any atom is 0.337 e. The minimum absolute atomic E-state index is 0.0524. The Morgan fingerprint density at radius 2 is 1.58 bits per heavy atom. The highest BCUT2D eigenvalue weighted by molar-refractivity contribution is 6.08. The number of nitrogens with one attached hydrogen (secondary N) is 1. The molecule has 3 aromatic rings. The van der Waals surface area contributed by atoms with Gasteiger partial charge in [-0.25, -0.2) is 4.79 Å². The van der Waals surface area contributed by atoms with E-state index >= 15 is 0 Å². The molecule has 0 aliphatic carbocycles. The molecule has 0 radical (unpaired) electrons. The molecule has 0 fully saturated rings. The molecule has 1 heterocycles. The third kappa shape index (κ3) is 4.33. The van der Waals surface area contributed by atoms with E-state index in [2.05, 4.69) is 10.1 Å². The molecular weight excluding hydrogens is 392 g/mol. The highest BCUT2D eigenvalue weighted by atomic mass is 16.5. The number of carbonyl (C=O) groups excluding carboxylic acids is 3. The number of esters is 1. The lowest BCUT2D eigenvalue weighted by atomic mass is 10.00. The van der Waals surface area contributed by atoms with Crippen molar-refractivity contribution in [2.75, 3.05) is 23.9 Å². The van der Waals surface area contributed by atoms with Crippen LogP contribution in [-0.2, 0) is 11.2 Å². The summed E-state index contributed by atoms with van der Waals surface area (Å²) in [5, 5.41) is 2.88. The molecule has 0 saturated carbocycles. The second kappa shape index (κ2) is 8.83. The van der Waals surface area contributed by atoms with Gasteiger partial charge in [0.2, 0.25) is 0 Å². The van der Waals surface area contributed by atoms with Crippen LogP contribution < -0.4 is 10.2 Å². The van der Waals surface area contributed by atoms with E-state index in [1.807, 2.05) is 36.4 Å². The summed E-state index contributed by atoms with van der Waals surface area (Å²) in [4.78, 5) is 39.0. The molecule has 0 spiro atoms. The minimum atomic E-state index is -0.454. The van der Waals surface area contributed by atoms with Crippen LogP contribution in [0, 0.1) is 0 Å². The molecule has 0 atom stereocenters. The molecule has 0 unspecified atom stereocenters. The first-order valence-corrected chi connectivity index (χ1v) is 10.1. The average molecular weight is 414 g/mol. The van der Waals surface area contributed by atoms with Crippen LogP contribution in [0.25, 0.3) is 0 Å². The average Bonchev–Trinajstić information content (AvgIpc) is 2.83. The first-order valence-electron chi connectivity index (χ1n) is 10.1. The van der Waals surface area contributed by atoms with E-state index in [0.29, 0.717) is 28.9 Å². The molecule has 3 aromatic carbocycles. The summed E-state index contributed by atoms with van der Waals surface area (Å²) in [6.45, 7) is 0.632. The topological polar surface area (TPSA) is 75.7 Å².